The third-order valence-electron chi connectivity index (χ3n) is 5.93. The average molecular weight is 336 g/mol. The number of nitrogens with zero attached hydrogens (tertiary/aromatic N) is 1. The lowest BCUT2D eigenvalue weighted by molar-refractivity contribution is 0.323. The Balaban J connectivity index is 1.75. The minimum Gasteiger partial charge on any atom is -0.475 e. The molecular formula is C21H22NOP. The molecule has 2 nitrogen and oxygen atoms in total. The molecule has 5 rings (SSSR count). The maximum absolute atomic E-state index is 8.07. The maximum Gasteiger partial charge on any atom is 0.216 e. The van der Waals surface area contributed by atoms with Gasteiger partial charge in [0, 0.05) is 11.0 Å². The summed E-state index contributed by atoms with van der Waals surface area (Å²) in [6.07, 6.45) is 4.53. The van der Waals surface area contributed by atoms with Gasteiger partial charge in [0.1, 0.15) is 6.61 Å². The van der Waals surface area contributed by atoms with Gasteiger partial charge < -0.3 is 4.74 Å². The van der Waals surface area contributed by atoms with Crippen LogP contribution in [0.4, 0.5) is 0 Å². The second-order valence-electron chi connectivity index (χ2n) is 7.36. The van der Waals surface area contributed by atoms with E-state index in [9.17, 15) is 0 Å². The molecule has 1 unspecified atom stereocenters. The second-order valence-corrected chi connectivity index (χ2v) is 7.89. The van der Waals surface area contributed by atoms with Crippen molar-refractivity contribution in [3.05, 3.63) is 64.2 Å². The lowest BCUT2D eigenvalue weighted by atomic mass is 9.74. The summed E-state index contributed by atoms with van der Waals surface area (Å²) in [5, 5.41) is 1.22. The van der Waals surface area contributed by atoms with Crippen LogP contribution in [0.25, 0.3) is 0 Å². The lowest BCUT2D eigenvalue weighted by Crippen LogP contribution is -2.28. The van der Waals surface area contributed by atoms with E-state index in [1.54, 1.807) is 0 Å². The van der Waals surface area contributed by atoms with E-state index < -0.39 is 0 Å². The largest absolute Gasteiger partial charge is 0.475 e. The zero-order valence-corrected chi connectivity index (χ0v) is 14.9. The van der Waals surface area contributed by atoms with Gasteiger partial charge in [-0.2, -0.15) is 0 Å². The van der Waals surface area contributed by atoms with E-state index in [0.29, 0.717) is 6.61 Å². The molecule has 0 radical (unpaired) electrons. The minimum atomic E-state index is 0.0591. The standard InChI is InChI=1S/C21H22NOP/c1-13-12-23-20(22-13)16-6-2-4-14-8-10-21(18(14)16)11-9-15-5-3-7-17(24)19(15)21/h2-7,13H,8-12,24H2,1H3/t13-,21-/m0/s1/i24D/t13-,21-,24?. The van der Waals surface area contributed by atoms with Crippen LogP contribution in [0, 0.1) is 0 Å². The fourth-order valence-corrected chi connectivity index (χ4v) is 5.49. The van der Waals surface area contributed by atoms with Gasteiger partial charge in [-0.3, -0.25) is 0 Å². The van der Waals surface area contributed by atoms with Crippen molar-refractivity contribution in [2.24, 2.45) is 4.99 Å². The van der Waals surface area contributed by atoms with E-state index in [-0.39, 0.29) is 20.6 Å². The van der Waals surface area contributed by atoms with Gasteiger partial charge in [0.15, 0.2) is 0 Å². The highest BCUT2D eigenvalue weighted by Crippen LogP contribution is 2.53. The summed E-state index contributed by atoms with van der Waals surface area (Å²) in [5.41, 5.74) is 7.02. The number of ether oxygens (including phenoxy) is 1. The van der Waals surface area contributed by atoms with Crippen molar-refractivity contribution >= 4 is 20.4 Å². The Hall–Kier alpha value is -1.66. The Morgan fingerprint density at radius 3 is 2.58 bits per heavy atom. The third kappa shape index (κ3) is 1.90. The molecule has 1 heterocycles. The van der Waals surface area contributed by atoms with Crippen LogP contribution >= 0.6 is 9.18 Å². The smallest absolute Gasteiger partial charge is 0.216 e. The Bertz CT molecular complexity index is 889. The van der Waals surface area contributed by atoms with E-state index in [1.807, 2.05) is 0 Å². The SMILES string of the molecule is [2H]Pc1cccc2c1[C@]1(CC2)CCc2cccc(C3=N[C@@H](C)CO3)c21. The van der Waals surface area contributed by atoms with Gasteiger partial charge in [-0.05, 0) is 66.2 Å². The minimum absolute atomic E-state index is 0.0591. The number of hydrogen-bond donors (Lipinski definition) is 0. The average Bonchev–Trinajstić information content (AvgIpc) is 3.34. The van der Waals surface area contributed by atoms with Crippen molar-refractivity contribution in [3.63, 3.8) is 0 Å². The summed E-state index contributed by atoms with van der Waals surface area (Å²) >= 11 is 0. The molecule has 3 atom stereocenters. The Morgan fingerprint density at radius 2 is 1.88 bits per heavy atom. The van der Waals surface area contributed by atoms with Crippen molar-refractivity contribution in [2.45, 2.75) is 44.1 Å². The van der Waals surface area contributed by atoms with Crippen LogP contribution in [-0.2, 0) is 23.0 Å². The van der Waals surface area contributed by atoms with E-state index in [0.717, 1.165) is 31.6 Å². The first-order chi connectivity index (χ1) is 12.2. The van der Waals surface area contributed by atoms with Gasteiger partial charge in [0.05, 0.1) is 7.32 Å². The van der Waals surface area contributed by atoms with Gasteiger partial charge in [-0.1, -0.05) is 30.3 Å². The van der Waals surface area contributed by atoms with Crippen LogP contribution in [0.5, 0.6) is 0 Å². The Morgan fingerprint density at radius 1 is 1.12 bits per heavy atom. The lowest BCUT2D eigenvalue weighted by Gasteiger charge is -2.30. The van der Waals surface area contributed by atoms with Crippen molar-refractivity contribution in [3.8, 4) is 0 Å². The summed E-state index contributed by atoms with van der Waals surface area (Å²) in [6.45, 7) is 2.79. The molecule has 0 bridgehead atoms. The first kappa shape index (κ1) is 13.6. The molecule has 24 heavy (non-hydrogen) atoms. The predicted octanol–water partition coefficient (Wildman–Crippen LogP) is 3.53. The molecule has 0 saturated heterocycles. The zero-order chi connectivity index (χ0) is 17.0. The Labute approximate surface area is 146 Å². The molecule has 2 aliphatic carbocycles. The highest BCUT2D eigenvalue weighted by Gasteiger charge is 2.47. The summed E-state index contributed by atoms with van der Waals surface area (Å²) < 4.78 is 14.0. The van der Waals surface area contributed by atoms with Gasteiger partial charge >= 0.3 is 0 Å². The predicted molar refractivity (Wildman–Crippen MR) is 102 cm³/mol. The molecule has 0 fully saturated rings. The number of hydrogen-bond acceptors (Lipinski definition) is 2. The second kappa shape index (κ2) is 5.17. The van der Waals surface area contributed by atoms with Gasteiger partial charge in [-0.25, -0.2) is 4.99 Å². The summed E-state index contributed by atoms with van der Waals surface area (Å²) in [4.78, 5) is 4.75. The molecule has 1 aliphatic heterocycles. The summed E-state index contributed by atoms with van der Waals surface area (Å²) in [6, 6.07) is 13.4. The molecule has 3 heteroatoms. The first-order valence-electron chi connectivity index (χ1n) is 9.36. The normalized spacial score (nSPS) is 28.1. The van der Waals surface area contributed by atoms with E-state index in [1.165, 1.54) is 33.1 Å². The molecule has 2 aromatic rings. The number of fused-ring (bicyclic) bond motifs is 4. The van der Waals surface area contributed by atoms with Crippen LogP contribution in [0.15, 0.2) is 41.4 Å². The van der Waals surface area contributed by atoms with Crippen molar-refractivity contribution in [1.29, 1.82) is 1.28 Å². The molecule has 3 aliphatic rings. The topological polar surface area (TPSA) is 21.6 Å². The van der Waals surface area contributed by atoms with E-state index in [2.05, 4.69) is 43.3 Å². The molecule has 122 valence electrons. The summed E-state index contributed by atoms with van der Waals surface area (Å²) in [7, 11) is 0.0985. The molecule has 0 aromatic heterocycles. The highest BCUT2D eigenvalue weighted by atomic mass is 31.0. The monoisotopic (exact) mass is 336 g/mol. The van der Waals surface area contributed by atoms with Crippen LogP contribution in [0.1, 0.15) is 47.6 Å². The number of aliphatic imine (C=N–C) groups is 1. The number of aryl methyl sites for hydroxylation is 2. The van der Waals surface area contributed by atoms with E-state index >= 15 is 0 Å². The molecular weight excluding hydrogens is 313 g/mol. The van der Waals surface area contributed by atoms with Crippen molar-refractivity contribution in [1.82, 2.24) is 0 Å². The molecule has 2 aromatic carbocycles. The van der Waals surface area contributed by atoms with Crippen molar-refractivity contribution in [2.75, 3.05) is 6.61 Å². The van der Waals surface area contributed by atoms with Crippen LogP contribution in [0.2, 0.25) is 0 Å². The maximum atomic E-state index is 8.07. The molecule has 0 amide bonds. The fraction of sp³-hybridized carbons (Fsp3) is 0.381. The van der Waals surface area contributed by atoms with Gasteiger partial charge in [0.2, 0.25) is 5.90 Å². The van der Waals surface area contributed by atoms with E-state index in [4.69, 9.17) is 11.0 Å². The van der Waals surface area contributed by atoms with Gasteiger partial charge in [-0.15, -0.1) is 9.18 Å². The molecule has 0 saturated carbocycles. The van der Waals surface area contributed by atoms with Gasteiger partial charge in [0.25, 0.3) is 0 Å². The molecule has 0 N–H and O–H groups in total. The molecule has 1 spiro atoms. The Kier molecular flexibility index (Phi) is 2.93. The fourth-order valence-electron chi connectivity index (χ4n) is 4.99. The van der Waals surface area contributed by atoms with Crippen LogP contribution < -0.4 is 5.30 Å². The summed E-state index contributed by atoms with van der Waals surface area (Å²) in [5.74, 6) is 0.824. The number of benzene rings is 2. The third-order valence-corrected chi connectivity index (χ3v) is 6.35. The highest BCUT2D eigenvalue weighted by molar-refractivity contribution is 7.27. The number of rotatable bonds is 2. The van der Waals surface area contributed by atoms with Crippen molar-refractivity contribution < 1.29 is 4.74 Å². The van der Waals surface area contributed by atoms with Crippen LogP contribution in [0.3, 0.4) is 0 Å². The quantitative estimate of drug-likeness (QED) is 0.769. The van der Waals surface area contributed by atoms with Crippen LogP contribution in [-0.4, -0.2) is 19.8 Å². The first-order valence-corrected chi connectivity index (χ1v) is 9.36. The zero-order valence-electron chi connectivity index (χ0n) is 14.9.